The van der Waals surface area contributed by atoms with Crippen LogP contribution in [-0.4, -0.2) is 23.3 Å². The minimum atomic E-state index is -0.203. The maximum Gasteiger partial charge on any atom is 0.289 e. The van der Waals surface area contributed by atoms with Crippen molar-refractivity contribution in [1.82, 2.24) is 10.2 Å². The highest BCUT2D eigenvalue weighted by Gasteiger charge is 2.10. The summed E-state index contributed by atoms with van der Waals surface area (Å²) in [5.74, 6) is 0. The zero-order chi connectivity index (χ0) is 7.68. The Labute approximate surface area is 62.8 Å². The van der Waals surface area contributed by atoms with Gasteiger partial charge in [0.1, 0.15) is 11.9 Å². The minimum Gasteiger partial charge on any atom is -0.380 e. The normalized spacial score (nSPS) is 14.5. The molecule has 0 bridgehead atoms. The Morgan fingerprint density at radius 3 is 3.00 bits per heavy atom. The molecule has 0 amide bonds. The quantitative estimate of drug-likeness (QED) is 0.463. The predicted molar refractivity (Wildman–Crippen MR) is 40.7 cm³/mol. The number of aromatic nitrogens is 2. The molecule has 0 atom stereocenters. The van der Waals surface area contributed by atoms with E-state index in [2.05, 4.69) is 27.0 Å². The second-order valence-electron chi connectivity index (χ2n) is 2.27. The first-order valence-electron chi connectivity index (χ1n) is 3.36. The Kier molecular flexibility index (Phi) is 1.28. The van der Waals surface area contributed by atoms with Gasteiger partial charge in [-0.15, -0.1) is 0 Å². The lowest BCUT2D eigenvalue weighted by atomic mass is 10.3. The van der Waals surface area contributed by atoms with Crippen LogP contribution in [-0.2, 0) is 0 Å². The van der Waals surface area contributed by atoms with Gasteiger partial charge in [0.05, 0.1) is 5.69 Å². The van der Waals surface area contributed by atoms with E-state index < -0.39 is 0 Å². The van der Waals surface area contributed by atoms with Gasteiger partial charge in [0, 0.05) is 13.1 Å². The largest absolute Gasteiger partial charge is 0.380 e. The second kappa shape index (κ2) is 2.26. The zero-order valence-corrected chi connectivity index (χ0v) is 5.77. The first-order chi connectivity index (χ1) is 5.38. The van der Waals surface area contributed by atoms with Crippen LogP contribution in [0.4, 0.5) is 11.4 Å². The van der Waals surface area contributed by atoms with Crippen molar-refractivity contribution in [2.24, 2.45) is 0 Å². The van der Waals surface area contributed by atoms with Crippen molar-refractivity contribution in [1.29, 1.82) is 0 Å². The van der Waals surface area contributed by atoms with Gasteiger partial charge in [-0.05, 0) is 0 Å². The molecule has 0 aliphatic carbocycles. The maximum atomic E-state index is 11.0. The van der Waals surface area contributed by atoms with Gasteiger partial charge in [-0.25, -0.2) is 5.10 Å². The first kappa shape index (κ1) is 6.21. The van der Waals surface area contributed by atoms with E-state index in [4.69, 9.17) is 0 Å². The molecule has 0 unspecified atom stereocenters. The van der Waals surface area contributed by atoms with Crippen LogP contribution in [0.5, 0.6) is 0 Å². The molecule has 1 aromatic rings. The van der Waals surface area contributed by atoms with Crippen molar-refractivity contribution in [3.8, 4) is 0 Å². The molecule has 1 aromatic heterocycles. The van der Waals surface area contributed by atoms with Gasteiger partial charge >= 0.3 is 0 Å². The summed E-state index contributed by atoms with van der Waals surface area (Å²) in [7, 11) is 0. The number of H-pyrrole nitrogens is 1. The van der Waals surface area contributed by atoms with Gasteiger partial charge < -0.3 is 10.6 Å². The van der Waals surface area contributed by atoms with Crippen LogP contribution in [0.3, 0.4) is 0 Å². The molecule has 57 valence electrons. The molecule has 1 aliphatic heterocycles. The van der Waals surface area contributed by atoms with Crippen molar-refractivity contribution in [2.45, 2.75) is 0 Å². The summed E-state index contributed by atoms with van der Waals surface area (Å²) in [6, 6.07) is 0. The van der Waals surface area contributed by atoms with Crippen molar-refractivity contribution >= 4 is 11.4 Å². The molecule has 2 heterocycles. The molecule has 11 heavy (non-hydrogen) atoms. The molecule has 5 nitrogen and oxygen atoms in total. The van der Waals surface area contributed by atoms with Crippen LogP contribution in [0.1, 0.15) is 0 Å². The molecule has 1 radical (unpaired) electrons. The number of hydrogen-bond acceptors (Lipinski definition) is 4. The summed E-state index contributed by atoms with van der Waals surface area (Å²) in [5.41, 5.74) is 0.984. The van der Waals surface area contributed by atoms with E-state index >= 15 is 0 Å². The number of nitrogens with one attached hydrogen (secondary N) is 3. The van der Waals surface area contributed by atoms with E-state index in [0.29, 0.717) is 11.4 Å². The summed E-state index contributed by atoms with van der Waals surface area (Å²) in [5, 5.41) is 11.8. The lowest BCUT2D eigenvalue weighted by Gasteiger charge is -2.16. The summed E-state index contributed by atoms with van der Waals surface area (Å²) < 4.78 is 0. The third-order valence-electron chi connectivity index (χ3n) is 1.53. The molecule has 0 aromatic carbocycles. The molecular weight excluding hydrogens is 144 g/mol. The number of anilines is 2. The van der Waals surface area contributed by atoms with Crippen LogP contribution >= 0.6 is 0 Å². The lowest BCUT2D eigenvalue weighted by Crippen LogP contribution is -2.27. The van der Waals surface area contributed by atoms with E-state index in [-0.39, 0.29) is 5.56 Å². The van der Waals surface area contributed by atoms with Gasteiger partial charge in [0.15, 0.2) is 0 Å². The first-order valence-corrected chi connectivity index (χ1v) is 3.36. The fourth-order valence-corrected chi connectivity index (χ4v) is 1.03. The van der Waals surface area contributed by atoms with Gasteiger partial charge in [-0.3, -0.25) is 4.79 Å². The van der Waals surface area contributed by atoms with Gasteiger partial charge in [0.25, 0.3) is 5.56 Å². The molecule has 3 N–H and O–H groups in total. The van der Waals surface area contributed by atoms with Crippen molar-refractivity contribution in [3.63, 3.8) is 0 Å². The van der Waals surface area contributed by atoms with Crippen molar-refractivity contribution < 1.29 is 0 Å². The van der Waals surface area contributed by atoms with E-state index in [1.54, 1.807) is 0 Å². The molecule has 0 saturated carbocycles. The smallest absolute Gasteiger partial charge is 0.289 e. The number of rotatable bonds is 0. The summed E-state index contributed by atoms with van der Waals surface area (Å²) in [6.07, 6.45) is 2.65. The molecule has 0 fully saturated rings. The Bertz CT molecular complexity index is 319. The highest BCUT2D eigenvalue weighted by atomic mass is 16.1. The third kappa shape index (κ3) is 0.938. The summed E-state index contributed by atoms with van der Waals surface area (Å²) >= 11 is 0. The van der Waals surface area contributed by atoms with Gasteiger partial charge in [-0.1, -0.05) is 0 Å². The van der Waals surface area contributed by atoms with Crippen LogP contribution in [0.2, 0.25) is 0 Å². The summed E-state index contributed by atoms with van der Waals surface area (Å²) in [6.45, 7) is 1.56. The number of aromatic amines is 1. The van der Waals surface area contributed by atoms with Crippen LogP contribution in [0.25, 0.3) is 0 Å². The van der Waals surface area contributed by atoms with Crippen LogP contribution in [0, 0.1) is 6.20 Å². The Hall–Kier alpha value is -1.52. The van der Waals surface area contributed by atoms with Crippen LogP contribution in [0.15, 0.2) is 4.79 Å². The standard InChI is InChI=1S/C6H7N4O/c11-6-5-4(3-9-10-6)7-1-2-8-5/h7-8H,1-2H2,(H,10,11). The minimum absolute atomic E-state index is 0.203. The zero-order valence-electron chi connectivity index (χ0n) is 5.77. The molecule has 0 saturated heterocycles. The average Bonchev–Trinajstić information content (AvgIpc) is 2.06. The average molecular weight is 151 g/mol. The molecule has 0 spiro atoms. The molecule has 1 aliphatic rings. The van der Waals surface area contributed by atoms with Gasteiger partial charge in [0.2, 0.25) is 0 Å². The maximum absolute atomic E-state index is 11.0. The monoisotopic (exact) mass is 151 g/mol. The SMILES string of the molecule is O=c1[nH]n[c]c2c1NCCN2. The molecule has 5 heteroatoms. The van der Waals surface area contributed by atoms with Crippen molar-refractivity contribution in [3.05, 3.63) is 16.6 Å². The summed E-state index contributed by atoms with van der Waals surface area (Å²) in [4.78, 5) is 11.0. The fourth-order valence-electron chi connectivity index (χ4n) is 1.03. The Morgan fingerprint density at radius 1 is 1.36 bits per heavy atom. The van der Waals surface area contributed by atoms with Gasteiger partial charge in [-0.2, -0.15) is 5.10 Å². The second-order valence-corrected chi connectivity index (χ2v) is 2.27. The fraction of sp³-hybridized carbons (Fsp3) is 0.333. The van der Waals surface area contributed by atoms with E-state index in [1.807, 2.05) is 0 Å². The third-order valence-corrected chi connectivity index (χ3v) is 1.53. The lowest BCUT2D eigenvalue weighted by molar-refractivity contribution is 0.944. The number of hydrogen-bond donors (Lipinski definition) is 3. The van der Waals surface area contributed by atoms with E-state index in [1.165, 1.54) is 0 Å². The Balaban J connectivity index is 2.58. The highest BCUT2D eigenvalue weighted by molar-refractivity contribution is 5.67. The number of fused-ring (bicyclic) bond motifs is 1. The highest BCUT2D eigenvalue weighted by Crippen LogP contribution is 2.15. The van der Waals surface area contributed by atoms with Crippen molar-refractivity contribution in [2.75, 3.05) is 23.7 Å². The van der Waals surface area contributed by atoms with E-state index in [9.17, 15) is 4.79 Å². The van der Waals surface area contributed by atoms with E-state index in [0.717, 1.165) is 13.1 Å². The molecular formula is C6H7N4O. The topological polar surface area (TPSA) is 69.8 Å². The van der Waals surface area contributed by atoms with Crippen LogP contribution < -0.4 is 16.2 Å². The Morgan fingerprint density at radius 2 is 2.18 bits per heavy atom. The predicted octanol–water partition coefficient (Wildman–Crippen LogP) is -0.593. The molecule has 2 rings (SSSR count). The number of nitrogens with zero attached hydrogens (tertiary/aromatic N) is 1.